The van der Waals surface area contributed by atoms with Crippen molar-refractivity contribution in [3.8, 4) is 0 Å². The first kappa shape index (κ1) is 7.40. The van der Waals surface area contributed by atoms with Crippen LogP contribution in [0.4, 0.5) is 8.78 Å². The van der Waals surface area contributed by atoms with E-state index in [-0.39, 0.29) is 0 Å². The lowest BCUT2D eigenvalue weighted by Gasteiger charge is -2.01. The molecule has 0 fully saturated rings. The van der Waals surface area contributed by atoms with Gasteiger partial charge in [0.1, 0.15) is 6.61 Å². The van der Waals surface area contributed by atoms with Gasteiger partial charge in [-0.15, -0.1) is 0 Å². The Hall–Kier alpha value is -0.600. The van der Waals surface area contributed by atoms with Gasteiger partial charge in [-0.1, -0.05) is 6.58 Å². The Morgan fingerprint density at radius 1 is 1.75 bits per heavy atom. The summed E-state index contributed by atoms with van der Waals surface area (Å²) in [4.78, 5) is 0. The van der Waals surface area contributed by atoms with Crippen LogP contribution in [0.5, 0.6) is 0 Å². The van der Waals surface area contributed by atoms with Gasteiger partial charge in [-0.25, -0.2) is 8.78 Å². The maximum Gasteiger partial charge on any atom is 0.272 e. The number of rotatable bonds is 3. The van der Waals surface area contributed by atoms with Crippen LogP contribution < -0.4 is 0 Å². The van der Waals surface area contributed by atoms with E-state index in [9.17, 15) is 8.78 Å². The molecule has 0 bridgehead atoms. The molecule has 0 unspecified atom stereocenters. The lowest BCUT2D eigenvalue weighted by atomic mass is 10.6. The fraction of sp³-hybridized carbons (Fsp3) is 0.600. The van der Waals surface area contributed by atoms with Crippen molar-refractivity contribution in [3.05, 3.63) is 12.3 Å². The van der Waals surface area contributed by atoms with Gasteiger partial charge in [0.05, 0.1) is 5.76 Å². The van der Waals surface area contributed by atoms with E-state index in [1.807, 2.05) is 0 Å². The molecule has 0 radical (unpaired) electrons. The standard InChI is InChI=1S/C5H8F2O/c1-4(2)8-3-5(6)7/h5H,1,3H2,2H3. The molecule has 0 atom stereocenters. The molecule has 0 spiro atoms. The molecule has 0 aliphatic rings. The second-order valence-electron chi connectivity index (χ2n) is 1.40. The quantitative estimate of drug-likeness (QED) is 0.518. The Morgan fingerprint density at radius 3 is 2.38 bits per heavy atom. The van der Waals surface area contributed by atoms with E-state index in [2.05, 4.69) is 11.3 Å². The summed E-state index contributed by atoms with van der Waals surface area (Å²) >= 11 is 0. The van der Waals surface area contributed by atoms with Gasteiger partial charge in [-0.05, 0) is 6.92 Å². The van der Waals surface area contributed by atoms with Crippen molar-refractivity contribution in [3.63, 3.8) is 0 Å². The van der Waals surface area contributed by atoms with Crippen molar-refractivity contribution in [2.75, 3.05) is 6.61 Å². The molecule has 3 heteroatoms. The highest BCUT2D eigenvalue weighted by Gasteiger charge is 2.00. The molecule has 0 aromatic carbocycles. The fourth-order valence-electron chi connectivity index (χ4n) is 0.205. The van der Waals surface area contributed by atoms with Gasteiger partial charge in [0.15, 0.2) is 0 Å². The molecule has 0 aliphatic heterocycles. The predicted molar refractivity (Wildman–Crippen MR) is 26.8 cm³/mol. The Bertz CT molecular complexity index is 80.5. The zero-order chi connectivity index (χ0) is 6.57. The van der Waals surface area contributed by atoms with Crippen molar-refractivity contribution < 1.29 is 13.5 Å². The van der Waals surface area contributed by atoms with Crippen LogP contribution in [0.1, 0.15) is 6.92 Å². The van der Waals surface area contributed by atoms with Gasteiger partial charge in [0.2, 0.25) is 0 Å². The molecular weight excluding hydrogens is 114 g/mol. The van der Waals surface area contributed by atoms with E-state index in [4.69, 9.17) is 0 Å². The van der Waals surface area contributed by atoms with Gasteiger partial charge >= 0.3 is 0 Å². The second-order valence-corrected chi connectivity index (χ2v) is 1.40. The van der Waals surface area contributed by atoms with Crippen molar-refractivity contribution in [1.82, 2.24) is 0 Å². The summed E-state index contributed by atoms with van der Waals surface area (Å²) in [6, 6.07) is 0. The average molecular weight is 122 g/mol. The molecule has 0 saturated carbocycles. The highest BCUT2D eigenvalue weighted by Crippen LogP contribution is 1.96. The molecule has 0 aromatic rings. The smallest absolute Gasteiger partial charge is 0.272 e. The van der Waals surface area contributed by atoms with Crippen LogP contribution in [0.3, 0.4) is 0 Å². The molecule has 0 rings (SSSR count). The maximum absolute atomic E-state index is 11.2. The van der Waals surface area contributed by atoms with Crippen LogP contribution in [0.15, 0.2) is 12.3 Å². The summed E-state index contributed by atoms with van der Waals surface area (Å²) in [6.07, 6.45) is -2.40. The Morgan fingerprint density at radius 2 is 2.25 bits per heavy atom. The fourth-order valence-corrected chi connectivity index (χ4v) is 0.205. The monoisotopic (exact) mass is 122 g/mol. The summed E-state index contributed by atoms with van der Waals surface area (Å²) in [5.74, 6) is 0.324. The van der Waals surface area contributed by atoms with Crippen LogP contribution in [-0.4, -0.2) is 13.0 Å². The molecule has 0 N–H and O–H groups in total. The number of allylic oxidation sites excluding steroid dienone is 1. The molecule has 0 heterocycles. The predicted octanol–water partition coefficient (Wildman–Crippen LogP) is 1.80. The topological polar surface area (TPSA) is 9.23 Å². The summed E-state index contributed by atoms with van der Waals surface area (Å²) in [7, 11) is 0. The highest BCUT2D eigenvalue weighted by atomic mass is 19.3. The zero-order valence-corrected chi connectivity index (χ0v) is 4.66. The number of alkyl halides is 2. The number of hydrogen-bond acceptors (Lipinski definition) is 1. The van der Waals surface area contributed by atoms with Crippen molar-refractivity contribution in [1.29, 1.82) is 0 Å². The summed E-state index contributed by atoms with van der Waals surface area (Å²) in [6.45, 7) is 4.26. The Labute approximate surface area is 47.0 Å². The van der Waals surface area contributed by atoms with E-state index >= 15 is 0 Å². The first-order valence-electron chi connectivity index (χ1n) is 2.19. The van der Waals surface area contributed by atoms with Gasteiger partial charge in [-0.2, -0.15) is 0 Å². The lowest BCUT2D eigenvalue weighted by molar-refractivity contribution is 0.0498. The third kappa shape index (κ3) is 5.40. The van der Waals surface area contributed by atoms with E-state index < -0.39 is 13.0 Å². The van der Waals surface area contributed by atoms with Crippen LogP contribution in [0.2, 0.25) is 0 Å². The maximum atomic E-state index is 11.2. The van der Waals surface area contributed by atoms with Crippen LogP contribution in [0, 0.1) is 0 Å². The summed E-state index contributed by atoms with van der Waals surface area (Å²) in [5, 5.41) is 0. The number of halogens is 2. The van der Waals surface area contributed by atoms with E-state index in [1.54, 1.807) is 0 Å². The molecule has 48 valence electrons. The normalized spacial score (nSPS) is 9.50. The number of hydrogen-bond donors (Lipinski definition) is 0. The number of ether oxygens (including phenoxy) is 1. The molecule has 1 nitrogen and oxygen atoms in total. The van der Waals surface area contributed by atoms with Gasteiger partial charge in [0, 0.05) is 0 Å². The zero-order valence-electron chi connectivity index (χ0n) is 4.66. The highest BCUT2D eigenvalue weighted by molar-refractivity contribution is 4.73. The average Bonchev–Trinajstić information content (AvgIpc) is 1.61. The second kappa shape index (κ2) is 3.41. The molecule has 0 aliphatic carbocycles. The van der Waals surface area contributed by atoms with Crippen molar-refractivity contribution in [2.45, 2.75) is 13.3 Å². The minimum absolute atomic E-state index is 0.324. The van der Waals surface area contributed by atoms with Crippen molar-refractivity contribution in [2.24, 2.45) is 0 Å². The largest absolute Gasteiger partial charge is 0.493 e. The SMILES string of the molecule is C=C(C)OCC(F)F. The molecule has 0 amide bonds. The Balaban J connectivity index is 3.05. The van der Waals surface area contributed by atoms with Crippen molar-refractivity contribution >= 4 is 0 Å². The first-order valence-corrected chi connectivity index (χ1v) is 2.19. The minimum atomic E-state index is -2.40. The summed E-state index contributed by atoms with van der Waals surface area (Å²) in [5.41, 5.74) is 0. The third-order valence-corrected chi connectivity index (χ3v) is 0.456. The van der Waals surface area contributed by atoms with E-state index in [1.165, 1.54) is 6.92 Å². The van der Waals surface area contributed by atoms with Gasteiger partial charge in [0.25, 0.3) is 6.43 Å². The van der Waals surface area contributed by atoms with Crippen LogP contribution >= 0.6 is 0 Å². The summed E-state index contributed by atoms with van der Waals surface area (Å²) < 4.78 is 26.8. The molecule has 0 saturated heterocycles. The van der Waals surface area contributed by atoms with E-state index in [0.717, 1.165) is 0 Å². The van der Waals surface area contributed by atoms with E-state index in [0.29, 0.717) is 5.76 Å². The third-order valence-electron chi connectivity index (χ3n) is 0.456. The minimum Gasteiger partial charge on any atom is -0.493 e. The lowest BCUT2D eigenvalue weighted by Crippen LogP contribution is -2.01. The molecule has 0 aromatic heterocycles. The van der Waals surface area contributed by atoms with Gasteiger partial charge in [-0.3, -0.25) is 0 Å². The first-order chi connectivity index (χ1) is 3.63. The van der Waals surface area contributed by atoms with Crippen LogP contribution in [-0.2, 0) is 4.74 Å². The Kier molecular flexibility index (Phi) is 3.15. The van der Waals surface area contributed by atoms with Crippen LogP contribution in [0.25, 0.3) is 0 Å². The molecular formula is C5H8F2O. The van der Waals surface area contributed by atoms with Gasteiger partial charge < -0.3 is 4.74 Å². The molecule has 8 heavy (non-hydrogen) atoms.